The van der Waals surface area contributed by atoms with Crippen molar-refractivity contribution in [1.29, 1.82) is 0 Å². The first kappa shape index (κ1) is 22.9. The lowest BCUT2D eigenvalue weighted by molar-refractivity contribution is 0.153. The maximum Gasteiger partial charge on any atom is 0.159 e. The van der Waals surface area contributed by atoms with Crippen LogP contribution < -0.4 is 4.74 Å². The Bertz CT molecular complexity index is 1050. The lowest BCUT2D eigenvalue weighted by Gasteiger charge is -2.36. The average Bonchev–Trinajstić information content (AvgIpc) is 2.79. The SMILES string of the molecule is COc1cccc(-c2cnc(-c3ccc(Br)cc3)nc2C2CCN(CC(C)(C)C)CC2)c1. The van der Waals surface area contributed by atoms with E-state index in [1.54, 1.807) is 7.11 Å². The Morgan fingerprint density at radius 1 is 1.03 bits per heavy atom. The van der Waals surface area contributed by atoms with Crippen LogP contribution in [0, 0.1) is 5.41 Å². The van der Waals surface area contributed by atoms with Crippen LogP contribution in [0.25, 0.3) is 22.5 Å². The van der Waals surface area contributed by atoms with Crippen molar-refractivity contribution in [2.45, 2.75) is 39.5 Å². The van der Waals surface area contributed by atoms with Crippen molar-refractivity contribution in [3.8, 4) is 28.3 Å². The van der Waals surface area contributed by atoms with Crippen molar-refractivity contribution in [2.24, 2.45) is 5.41 Å². The second kappa shape index (κ2) is 9.72. The molecule has 5 heteroatoms. The summed E-state index contributed by atoms with van der Waals surface area (Å²) in [6, 6.07) is 16.4. The van der Waals surface area contributed by atoms with E-state index < -0.39 is 0 Å². The third kappa shape index (κ3) is 5.57. The fourth-order valence-corrected chi connectivity index (χ4v) is 4.76. The average molecular weight is 494 g/mol. The molecule has 0 N–H and O–H groups in total. The van der Waals surface area contributed by atoms with Crippen molar-refractivity contribution < 1.29 is 4.74 Å². The highest BCUT2D eigenvalue weighted by Crippen LogP contribution is 2.36. The fraction of sp³-hybridized carbons (Fsp3) is 0.407. The summed E-state index contributed by atoms with van der Waals surface area (Å²) in [5, 5.41) is 0. The number of ether oxygens (including phenoxy) is 1. The monoisotopic (exact) mass is 493 g/mol. The first-order valence-corrected chi connectivity index (χ1v) is 12.1. The standard InChI is InChI=1S/C27H32BrN3O/c1-27(2,3)18-31-14-12-19(13-15-31)25-24(21-6-5-7-23(16-21)32-4)17-29-26(30-25)20-8-10-22(28)11-9-20/h5-11,16-17,19H,12-15,18H2,1-4H3. The molecule has 4 nitrogen and oxygen atoms in total. The Hall–Kier alpha value is -2.24. The van der Waals surface area contributed by atoms with Crippen molar-refractivity contribution in [3.05, 3.63) is 64.9 Å². The molecule has 0 atom stereocenters. The summed E-state index contributed by atoms with van der Waals surface area (Å²) in [6.45, 7) is 10.3. The highest BCUT2D eigenvalue weighted by atomic mass is 79.9. The topological polar surface area (TPSA) is 38.3 Å². The van der Waals surface area contributed by atoms with E-state index in [1.165, 1.54) is 0 Å². The largest absolute Gasteiger partial charge is 0.497 e. The van der Waals surface area contributed by atoms with Gasteiger partial charge in [0.05, 0.1) is 12.8 Å². The number of hydrogen-bond acceptors (Lipinski definition) is 4. The number of likely N-dealkylation sites (tertiary alicyclic amines) is 1. The van der Waals surface area contributed by atoms with E-state index in [4.69, 9.17) is 14.7 Å². The molecular formula is C27H32BrN3O. The zero-order valence-electron chi connectivity index (χ0n) is 19.4. The molecule has 1 aliphatic rings. The molecule has 0 radical (unpaired) electrons. The van der Waals surface area contributed by atoms with Gasteiger partial charge in [-0.15, -0.1) is 0 Å². The summed E-state index contributed by atoms with van der Waals surface area (Å²) >= 11 is 3.52. The van der Waals surface area contributed by atoms with Gasteiger partial charge in [-0.2, -0.15) is 0 Å². The highest BCUT2D eigenvalue weighted by molar-refractivity contribution is 9.10. The third-order valence-electron chi connectivity index (χ3n) is 5.97. The molecule has 1 aromatic heterocycles. The Labute approximate surface area is 200 Å². The Morgan fingerprint density at radius 2 is 1.75 bits per heavy atom. The van der Waals surface area contributed by atoms with Crippen LogP contribution >= 0.6 is 15.9 Å². The van der Waals surface area contributed by atoms with E-state index in [1.807, 2.05) is 30.5 Å². The smallest absolute Gasteiger partial charge is 0.159 e. The number of hydrogen-bond donors (Lipinski definition) is 0. The number of methoxy groups -OCH3 is 1. The van der Waals surface area contributed by atoms with Crippen molar-refractivity contribution in [3.63, 3.8) is 0 Å². The molecule has 168 valence electrons. The van der Waals surface area contributed by atoms with Crippen LogP contribution in [-0.2, 0) is 0 Å². The molecule has 1 aliphatic heterocycles. The van der Waals surface area contributed by atoms with E-state index in [-0.39, 0.29) is 0 Å². The van der Waals surface area contributed by atoms with Gasteiger partial charge in [0.25, 0.3) is 0 Å². The molecule has 0 amide bonds. The number of aromatic nitrogens is 2. The van der Waals surface area contributed by atoms with Crippen LogP contribution in [0.5, 0.6) is 5.75 Å². The maximum atomic E-state index is 5.47. The summed E-state index contributed by atoms with van der Waals surface area (Å²) in [4.78, 5) is 12.5. The minimum Gasteiger partial charge on any atom is -0.497 e. The van der Waals surface area contributed by atoms with Gasteiger partial charge in [-0.1, -0.05) is 61.0 Å². The zero-order valence-corrected chi connectivity index (χ0v) is 21.0. The first-order valence-electron chi connectivity index (χ1n) is 11.3. The van der Waals surface area contributed by atoms with Gasteiger partial charge < -0.3 is 9.64 Å². The molecule has 32 heavy (non-hydrogen) atoms. The quantitative estimate of drug-likeness (QED) is 0.391. The van der Waals surface area contributed by atoms with Crippen LogP contribution in [0.1, 0.15) is 45.2 Å². The first-order chi connectivity index (χ1) is 15.3. The maximum absolute atomic E-state index is 5.47. The minimum absolute atomic E-state index is 0.322. The second-order valence-electron chi connectivity index (χ2n) is 9.84. The summed E-state index contributed by atoms with van der Waals surface area (Å²) in [5.74, 6) is 2.06. The van der Waals surface area contributed by atoms with Gasteiger partial charge >= 0.3 is 0 Å². The molecule has 0 unspecified atom stereocenters. The molecule has 2 aromatic carbocycles. The number of benzene rings is 2. The van der Waals surface area contributed by atoms with Crippen molar-refractivity contribution >= 4 is 15.9 Å². The lowest BCUT2D eigenvalue weighted by Crippen LogP contribution is -2.38. The van der Waals surface area contributed by atoms with Crippen LogP contribution in [0.3, 0.4) is 0 Å². The highest BCUT2D eigenvalue weighted by Gasteiger charge is 2.27. The van der Waals surface area contributed by atoms with Crippen LogP contribution in [0.4, 0.5) is 0 Å². The number of piperidine rings is 1. The molecule has 3 aromatic rings. The predicted octanol–water partition coefficient (Wildman–Crippen LogP) is 6.81. The van der Waals surface area contributed by atoms with Gasteiger partial charge in [-0.3, -0.25) is 0 Å². The Kier molecular flexibility index (Phi) is 6.96. The molecule has 0 spiro atoms. The normalized spacial score (nSPS) is 15.7. The summed E-state index contributed by atoms with van der Waals surface area (Å²) in [7, 11) is 1.71. The molecule has 4 rings (SSSR count). The summed E-state index contributed by atoms with van der Waals surface area (Å²) < 4.78 is 6.53. The molecular weight excluding hydrogens is 462 g/mol. The Morgan fingerprint density at radius 3 is 2.41 bits per heavy atom. The van der Waals surface area contributed by atoms with Gasteiger partial charge in [-0.05, 0) is 61.2 Å². The number of rotatable bonds is 5. The van der Waals surface area contributed by atoms with Crippen molar-refractivity contribution in [1.82, 2.24) is 14.9 Å². The second-order valence-corrected chi connectivity index (χ2v) is 10.8. The summed E-state index contributed by atoms with van der Waals surface area (Å²) in [5.41, 5.74) is 4.73. The van der Waals surface area contributed by atoms with E-state index in [9.17, 15) is 0 Å². The van der Waals surface area contributed by atoms with Crippen LogP contribution in [-0.4, -0.2) is 41.6 Å². The van der Waals surface area contributed by atoms with E-state index in [2.05, 4.69) is 65.9 Å². The number of nitrogens with zero attached hydrogens (tertiary/aromatic N) is 3. The van der Waals surface area contributed by atoms with Gasteiger partial charge in [0.2, 0.25) is 0 Å². The van der Waals surface area contributed by atoms with Gasteiger partial charge in [0, 0.05) is 34.3 Å². The molecule has 1 saturated heterocycles. The van der Waals surface area contributed by atoms with E-state index in [0.29, 0.717) is 11.3 Å². The van der Waals surface area contributed by atoms with E-state index >= 15 is 0 Å². The minimum atomic E-state index is 0.322. The fourth-order valence-electron chi connectivity index (χ4n) is 4.49. The Balaban J connectivity index is 1.68. The zero-order chi connectivity index (χ0) is 22.7. The van der Waals surface area contributed by atoms with Gasteiger partial charge in [0.15, 0.2) is 5.82 Å². The molecule has 0 aliphatic carbocycles. The van der Waals surface area contributed by atoms with Crippen LogP contribution in [0.15, 0.2) is 59.2 Å². The van der Waals surface area contributed by atoms with E-state index in [0.717, 1.165) is 70.9 Å². The molecule has 2 heterocycles. The van der Waals surface area contributed by atoms with Gasteiger partial charge in [0.1, 0.15) is 5.75 Å². The molecule has 0 saturated carbocycles. The van der Waals surface area contributed by atoms with Crippen molar-refractivity contribution in [2.75, 3.05) is 26.7 Å². The summed E-state index contributed by atoms with van der Waals surface area (Å²) in [6.07, 6.45) is 4.23. The lowest BCUT2D eigenvalue weighted by atomic mass is 9.87. The molecule has 0 bridgehead atoms. The number of halogens is 1. The third-order valence-corrected chi connectivity index (χ3v) is 6.50. The van der Waals surface area contributed by atoms with Gasteiger partial charge in [-0.25, -0.2) is 9.97 Å². The molecule has 1 fully saturated rings. The van der Waals surface area contributed by atoms with Crippen LogP contribution in [0.2, 0.25) is 0 Å². The predicted molar refractivity (Wildman–Crippen MR) is 135 cm³/mol.